The van der Waals surface area contributed by atoms with Gasteiger partial charge in [-0.05, 0) is 18.6 Å². The Balaban J connectivity index is 0.00000256. The van der Waals surface area contributed by atoms with Gasteiger partial charge in [0, 0.05) is 51.9 Å². The van der Waals surface area contributed by atoms with Crippen LogP contribution in [-0.4, -0.2) is 39.7 Å². The van der Waals surface area contributed by atoms with Crippen LogP contribution in [0.1, 0.15) is 34.3 Å². The normalized spacial score (nSPS) is 17.7. The summed E-state index contributed by atoms with van der Waals surface area (Å²) in [5.41, 5.74) is 2.13. The fraction of sp³-hybridized carbons (Fsp3) is 0.250. The van der Waals surface area contributed by atoms with E-state index in [0.717, 1.165) is 5.56 Å². The number of pyridine rings is 1. The van der Waals surface area contributed by atoms with Crippen LogP contribution in [0.2, 0.25) is 0 Å². The molecular weight excluding hydrogens is 465 g/mol. The van der Waals surface area contributed by atoms with Crippen LogP contribution in [0, 0.1) is 6.07 Å². The van der Waals surface area contributed by atoms with Crippen LogP contribution < -0.4 is 10.6 Å². The molecule has 4 rings (SSSR count). The number of hydrogen-bond donors (Lipinski definition) is 2. The second kappa shape index (κ2) is 9.44. The quantitative estimate of drug-likeness (QED) is 0.503. The molecule has 3 heterocycles. The molecule has 4 amide bonds. The van der Waals surface area contributed by atoms with Gasteiger partial charge < -0.3 is 14.4 Å². The van der Waals surface area contributed by atoms with Crippen LogP contribution in [0.25, 0.3) is 0 Å². The zero-order chi connectivity index (χ0) is 20.4. The second-order valence-electron chi connectivity index (χ2n) is 6.73. The van der Waals surface area contributed by atoms with Crippen LogP contribution in [0.3, 0.4) is 0 Å². The SMILES string of the molecule is O=C1CCC(N2Cc3ccc(COC(=O)Nc4cccnc4)[c-]c3C2=O)C(=O)N1.[Y]. The smallest absolute Gasteiger partial charge is 0.411 e. The number of ether oxygens (including phenoxy) is 1. The molecule has 2 aromatic rings. The number of rotatable bonds is 4. The molecule has 0 spiro atoms. The molecule has 30 heavy (non-hydrogen) atoms. The molecule has 1 saturated heterocycles. The number of aromatic nitrogens is 1. The van der Waals surface area contributed by atoms with Crippen LogP contribution in [0.5, 0.6) is 0 Å². The largest absolute Gasteiger partial charge is 0.446 e. The maximum atomic E-state index is 12.8. The molecule has 9 nitrogen and oxygen atoms in total. The molecule has 1 atom stereocenters. The van der Waals surface area contributed by atoms with E-state index >= 15 is 0 Å². The first kappa shape index (κ1) is 22.0. The number of anilines is 1. The van der Waals surface area contributed by atoms with Crippen LogP contribution >= 0.6 is 0 Å². The van der Waals surface area contributed by atoms with Gasteiger partial charge in [-0.1, -0.05) is 11.1 Å². The van der Waals surface area contributed by atoms with Gasteiger partial charge in [0.25, 0.3) is 0 Å². The standard InChI is InChI=1S/C20H17N4O5.Y/c25-17-6-5-16(18(26)23-17)24-10-13-4-3-12(8-15(13)19(24)27)11-29-20(28)22-14-2-1-7-21-9-14;/h1-4,7,9,16H,5-6,10-11H2,(H,22,28)(H,23,25,26);/q-1;. The third-order valence-electron chi connectivity index (χ3n) is 4.76. The average Bonchev–Trinajstić information content (AvgIpc) is 3.03. The summed E-state index contributed by atoms with van der Waals surface area (Å²) in [5.74, 6) is -1.11. The van der Waals surface area contributed by atoms with Crippen LogP contribution in [-0.2, 0) is 60.2 Å². The zero-order valence-corrected chi connectivity index (χ0v) is 18.7. The van der Waals surface area contributed by atoms with Gasteiger partial charge in [0.1, 0.15) is 12.6 Å². The number of piperidine rings is 1. The van der Waals surface area contributed by atoms with E-state index in [-0.39, 0.29) is 64.1 Å². The van der Waals surface area contributed by atoms with E-state index in [1.807, 2.05) is 0 Å². The van der Waals surface area contributed by atoms with Crippen molar-refractivity contribution < 1.29 is 56.6 Å². The molecule has 151 valence electrons. The fourth-order valence-corrected chi connectivity index (χ4v) is 3.34. The molecule has 1 fully saturated rings. The summed E-state index contributed by atoms with van der Waals surface area (Å²) in [6, 6.07) is 9.14. The van der Waals surface area contributed by atoms with Crippen molar-refractivity contribution in [2.24, 2.45) is 0 Å². The number of fused-ring (bicyclic) bond motifs is 1. The number of benzene rings is 1. The summed E-state index contributed by atoms with van der Waals surface area (Å²) >= 11 is 0. The van der Waals surface area contributed by atoms with E-state index in [1.165, 1.54) is 11.1 Å². The minimum atomic E-state index is -0.675. The number of hydrogen-bond acceptors (Lipinski definition) is 6. The van der Waals surface area contributed by atoms with Crippen LogP contribution in [0.4, 0.5) is 10.5 Å². The molecule has 0 aliphatic carbocycles. The third kappa shape index (κ3) is 4.74. The van der Waals surface area contributed by atoms with E-state index in [9.17, 15) is 19.2 Å². The molecule has 0 saturated carbocycles. The van der Waals surface area contributed by atoms with Crippen molar-refractivity contribution in [1.82, 2.24) is 15.2 Å². The minimum Gasteiger partial charge on any atom is -0.446 e. The van der Waals surface area contributed by atoms with E-state index in [1.54, 1.807) is 30.5 Å². The second-order valence-corrected chi connectivity index (χ2v) is 6.73. The predicted molar refractivity (Wildman–Crippen MR) is 99.4 cm³/mol. The number of carbonyl (C=O) groups excluding carboxylic acids is 4. The Kier molecular flexibility index (Phi) is 6.94. The van der Waals surface area contributed by atoms with Crippen molar-refractivity contribution in [3.63, 3.8) is 0 Å². The first-order valence-electron chi connectivity index (χ1n) is 9.04. The Bertz CT molecular complexity index is 998. The van der Waals surface area contributed by atoms with E-state index in [0.29, 0.717) is 23.2 Å². The monoisotopic (exact) mass is 482 g/mol. The third-order valence-corrected chi connectivity index (χ3v) is 4.76. The van der Waals surface area contributed by atoms with Crippen molar-refractivity contribution >= 4 is 29.5 Å². The molecule has 2 aliphatic rings. The van der Waals surface area contributed by atoms with Gasteiger partial charge >= 0.3 is 6.09 Å². The van der Waals surface area contributed by atoms with Gasteiger partial charge in [-0.3, -0.25) is 25.2 Å². The maximum absolute atomic E-state index is 12.8. The molecule has 0 bridgehead atoms. The number of nitrogens with zero attached hydrogens (tertiary/aromatic N) is 2. The summed E-state index contributed by atoms with van der Waals surface area (Å²) in [7, 11) is 0. The molecule has 2 aliphatic heterocycles. The van der Waals surface area contributed by atoms with E-state index < -0.39 is 18.0 Å². The summed E-state index contributed by atoms with van der Waals surface area (Å²) in [6.07, 6.45) is 2.93. The summed E-state index contributed by atoms with van der Waals surface area (Å²) in [5, 5.41) is 4.81. The van der Waals surface area contributed by atoms with Gasteiger partial charge in [-0.15, -0.1) is 23.8 Å². The maximum Gasteiger partial charge on any atom is 0.411 e. The Morgan fingerprint density at radius 1 is 1.30 bits per heavy atom. The number of imide groups is 1. The number of carbonyl (C=O) groups is 4. The van der Waals surface area contributed by atoms with Crippen molar-refractivity contribution in [2.45, 2.75) is 32.0 Å². The minimum absolute atomic E-state index is 0. The van der Waals surface area contributed by atoms with Gasteiger partial charge in [0.2, 0.25) is 11.8 Å². The first-order valence-corrected chi connectivity index (χ1v) is 9.04. The topological polar surface area (TPSA) is 118 Å². The van der Waals surface area contributed by atoms with Gasteiger partial charge in [-0.2, -0.15) is 0 Å². The van der Waals surface area contributed by atoms with Gasteiger partial charge in [-0.25, -0.2) is 4.79 Å². The fourth-order valence-electron chi connectivity index (χ4n) is 3.34. The van der Waals surface area contributed by atoms with E-state index in [4.69, 9.17) is 4.74 Å². The summed E-state index contributed by atoms with van der Waals surface area (Å²) in [6.45, 7) is 0.213. The summed E-state index contributed by atoms with van der Waals surface area (Å²) < 4.78 is 5.16. The van der Waals surface area contributed by atoms with E-state index in [2.05, 4.69) is 21.7 Å². The molecule has 1 aromatic carbocycles. The van der Waals surface area contributed by atoms with Crippen molar-refractivity contribution in [2.75, 3.05) is 5.32 Å². The van der Waals surface area contributed by atoms with Gasteiger partial charge in [0.15, 0.2) is 5.91 Å². The van der Waals surface area contributed by atoms with Crippen molar-refractivity contribution in [3.05, 3.63) is 59.4 Å². The van der Waals surface area contributed by atoms with Crippen LogP contribution in [0.15, 0.2) is 36.7 Å². The molecular formula is C20H17N4O5Y-. The summed E-state index contributed by atoms with van der Waals surface area (Å²) in [4.78, 5) is 53.4. The van der Waals surface area contributed by atoms with Crippen molar-refractivity contribution in [1.29, 1.82) is 0 Å². The Labute approximate surface area is 197 Å². The Morgan fingerprint density at radius 3 is 2.87 bits per heavy atom. The first-order chi connectivity index (χ1) is 14.0. The Morgan fingerprint density at radius 2 is 2.13 bits per heavy atom. The molecule has 1 unspecified atom stereocenters. The molecule has 2 N–H and O–H groups in total. The average molecular weight is 482 g/mol. The predicted octanol–water partition coefficient (Wildman–Crippen LogP) is 1.39. The molecule has 10 heteroatoms. The van der Waals surface area contributed by atoms with Gasteiger partial charge in [0.05, 0.1) is 11.9 Å². The number of amides is 4. The van der Waals surface area contributed by atoms with Crippen molar-refractivity contribution in [3.8, 4) is 0 Å². The Hall–Kier alpha value is -2.65. The zero-order valence-electron chi connectivity index (χ0n) is 15.9. The molecule has 1 aromatic heterocycles. The molecule has 1 radical (unpaired) electrons. The number of nitrogens with one attached hydrogen (secondary N) is 2.